The van der Waals surface area contributed by atoms with Gasteiger partial charge in [0.25, 0.3) is 0 Å². The van der Waals surface area contributed by atoms with Crippen LogP contribution in [0.1, 0.15) is 44.7 Å². The number of benzene rings is 1. The summed E-state index contributed by atoms with van der Waals surface area (Å²) in [6.07, 6.45) is 4.11. The molecule has 1 aromatic rings. The van der Waals surface area contributed by atoms with Gasteiger partial charge in [-0.05, 0) is 43.5 Å². The van der Waals surface area contributed by atoms with Crippen LogP contribution >= 0.6 is 0 Å². The van der Waals surface area contributed by atoms with Gasteiger partial charge in [0.2, 0.25) is 5.91 Å². The third kappa shape index (κ3) is 4.15. The lowest BCUT2D eigenvalue weighted by atomic mass is 10.1. The number of hydrogen-bond acceptors (Lipinski definition) is 2. The van der Waals surface area contributed by atoms with Gasteiger partial charge in [-0.3, -0.25) is 4.79 Å². The van der Waals surface area contributed by atoms with Gasteiger partial charge in [-0.25, -0.2) is 0 Å². The molecule has 18 heavy (non-hydrogen) atoms. The van der Waals surface area contributed by atoms with E-state index in [1.165, 1.54) is 31.7 Å². The summed E-state index contributed by atoms with van der Waals surface area (Å²) in [5, 5.41) is 6.36. The molecule has 1 aliphatic rings. The smallest absolute Gasteiger partial charge is 0.221 e. The molecule has 1 amide bonds. The number of amides is 1. The number of nitrogens with one attached hydrogen (secondary N) is 2. The van der Waals surface area contributed by atoms with Crippen LogP contribution in [0.2, 0.25) is 0 Å². The standard InChI is InChI=1S/C15H22N2O/c1-11(16-9-8-13-6-7-13)14-4-3-5-15(10-14)17-12(2)18/h3-5,10-11,13,16H,6-9H2,1-2H3,(H,17,18). The minimum absolute atomic E-state index is 0.0264. The largest absolute Gasteiger partial charge is 0.326 e. The van der Waals surface area contributed by atoms with Crippen molar-refractivity contribution in [3.8, 4) is 0 Å². The maximum Gasteiger partial charge on any atom is 0.221 e. The highest BCUT2D eigenvalue weighted by molar-refractivity contribution is 5.88. The zero-order valence-corrected chi connectivity index (χ0v) is 11.2. The van der Waals surface area contributed by atoms with E-state index >= 15 is 0 Å². The summed E-state index contributed by atoms with van der Waals surface area (Å²) in [4.78, 5) is 11.0. The summed E-state index contributed by atoms with van der Waals surface area (Å²) in [5.41, 5.74) is 2.09. The van der Waals surface area contributed by atoms with Crippen LogP contribution in [-0.4, -0.2) is 12.5 Å². The first kappa shape index (κ1) is 13.1. The van der Waals surface area contributed by atoms with Gasteiger partial charge in [-0.2, -0.15) is 0 Å². The zero-order chi connectivity index (χ0) is 13.0. The van der Waals surface area contributed by atoms with E-state index in [-0.39, 0.29) is 5.91 Å². The Morgan fingerprint density at radius 2 is 2.22 bits per heavy atom. The van der Waals surface area contributed by atoms with E-state index in [1.54, 1.807) is 0 Å². The molecule has 98 valence electrons. The molecule has 2 rings (SSSR count). The van der Waals surface area contributed by atoms with Crippen molar-refractivity contribution in [1.82, 2.24) is 5.32 Å². The van der Waals surface area contributed by atoms with Gasteiger partial charge in [0.05, 0.1) is 0 Å². The van der Waals surface area contributed by atoms with Crippen LogP contribution < -0.4 is 10.6 Å². The topological polar surface area (TPSA) is 41.1 Å². The van der Waals surface area contributed by atoms with Crippen LogP contribution in [0.25, 0.3) is 0 Å². The molecule has 1 unspecified atom stereocenters. The Morgan fingerprint density at radius 3 is 2.89 bits per heavy atom. The zero-order valence-electron chi connectivity index (χ0n) is 11.2. The molecule has 0 radical (unpaired) electrons. The normalized spacial score (nSPS) is 16.3. The fraction of sp³-hybridized carbons (Fsp3) is 0.533. The van der Waals surface area contributed by atoms with Gasteiger partial charge in [0.1, 0.15) is 0 Å². The van der Waals surface area contributed by atoms with Gasteiger partial charge in [0.15, 0.2) is 0 Å². The third-order valence-corrected chi connectivity index (χ3v) is 3.41. The first-order chi connectivity index (χ1) is 8.65. The highest BCUT2D eigenvalue weighted by atomic mass is 16.1. The minimum atomic E-state index is -0.0264. The van der Waals surface area contributed by atoms with Gasteiger partial charge >= 0.3 is 0 Å². The molecular formula is C15H22N2O. The average molecular weight is 246 g/mol. The predicted molar refractivity (Wildman–Crippen MR) is 74.5 cm³/mol. The van der Waals surface area contributed by atoms with Crippen molar-refractivity contribution < 1.29 is 4.79 Å². The number of anilines is 1. The summed E-state index contributed by atoms with van der Waals surface area (Å²) in [6, 6.07) is 8.37. The Labute approximate surface area is 109 Å². The number of hydrogen-bond donors (Lipinski definition) is 2. The fourth-order valence-electron chi connectivity index (χ4n) is 2.12. The van der Waals surface area contributed by atoms with E-state index in [0.29, 0.717) is 6.04 Å². The molecular weight excluding hydrogens is 224 g/mol. The van der Waals surface area contributed by atoms with Crippen molar-refractivity contribution in [3.05, 3.63) is 29.8 Å². The second kappa shape index (κ2) is 6.01. The second-order valence-electron chi connectivity index (χ2n) is 5.21. The van der Waals surface area contributed by atoms with Gasteiger partial charge in [-0.1, -0.05) is 25.0 Å². The van der Waals surface area contributed by atoms with Crippen molar-refractivity contribution in [3.63, 3.8) is 0 Å². The molecule has 1 atom stereocenters. The van der Waals surface area contributed by atoms with E-state index in [1.807, 2.05) is 18.2 Å². The molecule has 0 heterocycles. The third-order valence-electron chi connectivity index (χ3n) is 3.41. The molecule has 0 aromatic heterocycles. The summed E-state index contributed by atoms with van der Waals surface area (Å²) < 4.78 is 0. The first-order valence-electron chi connectivity index (χ1n) is 6.76. The Kier molecular flexibility index (Phi) is 4.37. The summed E-state index contributed by atoms with van der Waals surface area (Å²) in [7, 11) is 0. The van der Waals surface area contributed by atoms with Gasteiger partial charge in [-0.15, -0.1) is 0 Å². The highest BCUT2D eigenvalue weighted by Crippen LogP contribution is 2.32. The monoisotopic (exact) mass is 246 g/mol. The minimum Gasteiger partial charge on any atom is -0.326 e. The van der Waals surface area contributed by atoms with Crippen LogP contribution in [0.4, 0.5) is 5.69 Å². The maximum atomic E-state index is 11.0. The quantitative estimate of drug-likeness (QED) is 0.810. The van der Waals surface area contributed by atoms with E-state index in [4.69, 9.17) is 0 Å². The van der Waals surface area contributed by atoms with Crippen molar-refractivity contribution in [2.24, 2.45) is 5.92 Å². The van der Waals surface area contributed by atoms with Gasteiger partial charge in [0, 0.05) is 18.7 Å². The van der Waals surface area contributed by atoms with E-state index in [0.717, 1.165) is 18.2 Å². The number of rotatable bonds is 6. The summed E-state index contributed by atoms with van der Waals surface area (Å²) in [5.74, 6) is 0.942. The molecule has 3 heteroatoms. The molecule has 2 N–H and O–H groups in total. The molecule has 1 saturated carbocycles. The molecule has 1 aromatic carbocycles. The van der Waals surface area contributed by atoms with Crippen LogP contribution in [0, 0.1) is 5.92 Å². The number of carbonyl (C=O) groups excluding carboxylic acids is 1. The molecule has 0 aliphatic heterocycles. The fourth-order valence-corrected chi connectivity index (χ4v) is 2.12. The van der Waals surface area contributed by atoms with Crippen LogP contribution in [-0.2, 0) is 4.79 Å². The SMILES string of the molecule is CC(=O)Nc1cccc(C(C)NCCC2CC2)c1. The molecule has 1 fully saturated rings. The van der Waals surface area contributed by atoms with Crippen LogP contribution in [0.5, 0.6) is 0 Å². The van der Waals surface area contributed by atoms with Crippen LogP contribution in [0.3, 0.4) is 0 Å². The van der Waals surface area contributed by atoms with Crippen molar-refractivity contribution in [2.75, 3.05) is 11.9 Å². The predicted octanol–water partition coefficient (Wildman–Crippen LogP) is 3.10. The van der Waals surface area contributed by atoms with Crippen molar-refractivity contribution in [2.45, 2.75) is 39.2 Å². The van der Waals surface area contributed by atoms with E-state index < -0.39 is 0 Å². The van der Waals surface area contributed by atoms with E-state index in [9.17, 15) is 4.79 Å². The molecule has 0 spiro atoms. The van der Waals surface area contributed by atoms with Gasteiger partial charge < -0.3 is 10.6 Å². The summed E-state index contributed by atoms with van der Waals surface area (Å²) >= 11 is 0. The first-order valence-corrected chi connectivity index (χ1v) is 6.76. The lowest BCUT2D eigenvalue weighted by Crippen LogP contribution is -2.20. The van der Waals surface area contributed by atoms with Crippen LogP contribution in [0.15, 0.2) is 24.3 Å². The molecule has 1 aliphatic carbocycles. The Balaban J connectivity index is 1.87. The molecule has 0 bridgehead atoms. The molecule has 3 nitrogen and oxygen atoms in total. The van der Waals surface area contributed by atoms with Crippen molar-refractivity contribution >= 4 is 11.6 Å². The Morgan fingerprint density at radius 1 is 1.44 bits per heavy atom. The second-order valence-corrected chi connectivity index (χ2v) is 5.21. The maximum absolute atomic E-state index is 11.0. The average Bonchev–Trinajstić information content (AvgIpc) is 3.12. The Hall–Kier alpha value is -1.35. The Bertz CT molecular complexity index is 413. The lowest BCUT2D eigenvalue weighted by molar-refractivity contribution is -0.114. The molecule has 0 saturated heterocycles. The highest BCUT2D eigenvalue weighted by Gasteiger charge is 2.20. The lowest BCUT2D eigenvalue weighted by Gasteiger charge is -2.15. The number of carbonyl (C=O) groups is 1. The van der Waals surface area contributed by atoms with E-state index in [2.05, 4.69) is 23.6 Å². The van der Waals surface area contributed by atoms with Crippen molar-refractivity contribution in [1.29, 1.82) is 0 Å². The summed E-state index contributed by atoms with van der Waals surface area (Å²) in [6.45, 7) is 4.78.